The molecule has 0 aliphatic rings. The molecule has 1 N–H and O–H groups in total. The van der Waals surface area contributed by atoms with E-state index < -0.39 is 11.6 Å². The summed E-state index contributed by atoms with van der Waals surface area (Å²) in [6, 6.07) is 13.5. The maximum absolute atomic E-state index is 13.0. The predicted molar refractivity (Wildman–Crippen MR) is 118 cm³/mol. The van der Waals surface area contributed by atoms with E-state index in [0.29, 0.717) is 16.5 Å². The molecule has 0 aliphatic heterocycles. The Morgan fingerprint density at radius 3 is 2.37 bits per heavy atom. The number of hydrogen-bond acceptors (Lipinski definition) is 4. The molecule has 6 nitrogen and oxygen atoms in total. The summed E-state index contributed by atoms with van der Waals surface area (Å²) in [6.45, 7) is 7.46. The molecule has 0 bridgehead atoms. The maximum atomic E-state index is 13.0. The molecule has 0 unspecified atom stereocenters. The first-order chi connectivity index (χ1) is 14.1. The van der Waals surface area contributed by atoms with E-state index in [0.717, 1.165) is 5.56 Å². The number of benzene rings is 2. The van der Waals surface area contributed by atoms with Crippen LogP contribution in [0.5, 0.6) is 11.5 Å². The standard InChI is InChI=1S/C23H29ClN2O4/c1-16(22(28)25-23(2,3)4)26(14-17-7-6-8-20(13-17)29-5)21(27)15-30-19-11-9-18(24)10-12-19/h6-13,16H,14-15H2,1-5H3,(H,25,28)/t16-/m1/s1. The second-order valence-corrected chi connectivity index (χ2v) is 8.47. The number of nitrogens with one attached hydrogen (secondary N) is 1. The van der Waals surface area contributed by atoms with Crippen molar-refractivity contribution in [2.75, 3.05) is 13.7 Å². The summed E-state index contributed by atoms with van der Waals surface area (Å²) in [5, 5.41) is 3.51. The molecule has 0 saturated carbocycles. The van der Waals surface area contributed by atoms with Crippen LogP contribution >= 0.6 is 11.6 Å². The largest absolute Gasteiger partial charge is 0.497 e. The smallest absolute Gasteiger partial charge is 0.261 e. The van der Waals surface area contributed by atoms with Crippen molar-refractivity contribution < 1.29 is 19.1 Å². The van der Waals surface area contributed by atoms with E-state index in [4.69, 9.17) is 21.1 Å². The van der Waals surface area contributed by atoms with E-state index in [2.05, 4.69) is 5.32 Å². The number of carbonyl (C=O) groups excluding carboxylic acids is 2. The van der Waals surface area contributed by atoms with Crippen molar-refractivity contribution in [3.63, 3.8) is 0 Å². The van der Waals surface area contributed by atoms with Gasteiger partial charge in [-0.3, -0.25) is 9.59 Å². The second kappa shape index (κ2) is 10.3. The molecule has 2 aromatic rings. The predicted octanol–water partition coefficient (Wildman–Crippen LogP) is 4.06. The number of hydrogen-bond donors (Lipinski definition) is 1. The van der Waals surface area contributed by atoms with Gasteiger partial charge in [0.05, 0.1) is 7.11 Å². The molecule has 0 aromatic heterocycles. The molecule has 2 rings (SSSR count). The average Bonchev–Trinajstić information content (AvgIpc) is 2.69. The maximum Gasteiger partial charge on any atom is 0.261 e. The minimum absolute atomic E-state index is 0.196. The Balaban J connectivity index is 2.18. The number of ether oxygens (including phenoxy) is 2. The van der Waals surface area contributed by atoms with E-state index in [1.165, 1.54) is 4.90 Å². The van der Waals surface area contributed by atoms with E-state index >= 15 is 0 Å². The monoisotopic (exact) mass is 432 g/mol. The first-order valence-electron chi connectivity index (χ1n) is 9.72. The summed E-state index contributed by atoms with van der Waals surface area (Å²) in [7, 11) is 1.58. The van der Waals surface area contributed by atoms with Crippen LogP contribution in [0.4, 0.5) is 0 Å². The quantitative estimate of drug-likeness (QED) is 0.683. The van der Waals surface area contributed by atoms with Crippen LogP contribution in [0.2, 0.25) is 5.02 Å². The lowest BCUT2D eigenvalue weighted by Gasteiger charge is -2.31. The van der Waals surface area contributed by atoms with Crippen LogP contribution in [0.3, 0.4) is 0 Å². The number of carbonyl (C=O) groups is 2. The van der Waals surface area contributed by atoms with Gasteiger partial charge in [0.2, 0.25) is 5.91 Å². The van der Waals surface area contributed by atoms with Gasteiger partial charge in [-0.1, -0.05) is 23.7 Å². The summed E-state index contributed by atoms with van der Waals surface area (Å²) in [5.74, 6) is 0.680. The Labute approximate surface area is 183 Å². The van der Waals surface area contributed by atoms with Gasteiger partial charge >= 0.3 is 0 Å². The molecule has 2 amide bonds. The van der Waals surface area contributed by atoms with Gasteiger partial charge in [0.25, 0.3) is 5.91 Å². The third kappa shape index (κ3) is 7.26. The van der Waals surface area contributed by atoms with Gasteiger partial charge in [-0.2, -0.15) is 0 Å². The minimum atomic E-state index is -0.684. The summed E-state index contributed by atoms with van der Waals surface area (Å²) in [5.41, 5.74) is 0.445. The van der Waals surface area contributed by atoms with Crippen molar-refractivity contribution >= 4 is 23.4 Å². The van der Waals surface area contributed by atoms with Crippen LogP contribution in [0.1, 0.15) is 33.3 Å². The number of amides is 2. The summed E-state index contributed by atoms with van der Waals surface area (Å²) < 4.78 is 10.9. The lowest BCUT2D eigenvalue weighted by molar-refractivity contribution is -0.142. The first kappa shape index (κ1) is 23.5. The molecule has 1 atom stereocenters. The van der Waals surface area contributed by atoms with Crippen LogP contribution in [0.15, 0.2) is 48.5 Å². The average molecular weight is 433 g/mol. The fraction of sp³-hybridized carbons (Fsp3) is 0.391. The lowest BCUT2D eigenvalue weighted by Crippen LogP contribution is -2.53. The Hall–Kier alpha value is -2.73. The topological polar surface area (TPSA) is 67.9 Å². The Bertz CT molecular complexity index is 862. The zero-order chi connectivity index (χ0) is 22.3. The van der Waals surface area contributed by atoms with Gasteiger partial charge in [-0.05, 0) is 69.7 Å². The van der Waals surface area contributed by atoms with Gasteiger partial charge in [-0.25, -0.2) is 0 Å². The number of methoxy groups -OCH3 is 1. The Morgan fingerprint density at radius 2 is 1.77 bits per heavy atom. The van der Waals surface area contributed by atoms with Crippen molar-refractivity contribution in [1.29, 1.82) is 0 Å². The zero-order valence-electron chi connectivity index (χ0n) is 18.1. The molecular formula is C23H29ClN2O4. The highest BCUT2D eigenvalue weighted by Gasteiger charge is 2.28. The Morgan fingerprint density at radius 1 is 1.10 bits per heavy atom. The molecule has 0 spiro atoms. The number of halogens is 1. The van der Waals surface area contributed by atoms with Crippen molar-refractivity contribution in [3.05, 3.63) is 59.1 Å². The van der Waals surface area contributed by atoms with Crippen molar-refractivity contribution in [2.24, 2.45) is 0 Å². The minimum Gasteiger partial charge on any atom is -0.497 e. The van der Waals surface area contributed by atoms with Gasteiger partial charge in [0.1, 0.15) is 17.5 Å². The molecule has 30 heavy (non-hydrogen) atoms. The third-order valence-electron chi connectivity index (χ3n) is 4.33. The third-order valence-corrected chi connectivity index (χ3v) is 4.58. The zero-order valence-corrected chi connectivity index (χ0v) is 18.8. The molecular weight excluding hydrogens is 404 g/mol. The highest BCUT2D eigenvalue weighted by Crippen LogP contribution is 2.18. The fourth-order valence-electron chi connectivity index (χ4n) is 2.78. The van der Waals surface area contributed by atoms with Crippen molar-refractivity contribution in [3.8, 4) is 11.5 Å². The number of rotatable bonds is 8. The van der Waals surface area contributed by atoms with Gasteiger partial charge in [-0.15, -0.1) is 0 Å². The van der Waals surface area contributed by atoms with Crippen LogP contribution in [0, 0.1) is 0 Å². The lowest BCUT2D eigenvalue weighted by atomic mass is 10.1. The molecule has 2 aromatic carbocycles. The molecule has 0 aliphatic carbocycles. The highest BCUT2D eigenvalue weighted by molar-refractivity contribution is 6.30. The SMILES string of the molecule is COc1cccc(CN(C(=O)COc2ccc(Cl)cc2)[C@H](C)C(=O)NC(C)(C)C)c1. The summed E-state index contributed by atoms with van der Waals surface area (Å²) in [4.78, 5) is 27.3. The van der Waals surface area contributed by atoms with E-state index in [1.54, 1.807) is 38.3 Å². The van der Waals surface area contributed by atoms with Gasteiger partial charge in [0, 0.05) is 17.1 Å². The van der Waals surface area contributed by atoms with E-state index in [1.807, 2.05) is 45.0 Å². The normalized spacial score (nSPS) is 12.1. The van der Waals surface area contributed by atoms with E-state index in [-0.39, 0.29) is 25.0 Å². The number of nitrogens with zero attached hydrogens (tertiary/aromatic N) is 1. The van der Waals surface area contributed by atoms with Crippen LogP contribution in [0.25, 0.3) is 0 Å². The Kier molecular flexibility index (Phi) is 8.12. The molecule has 7 heteroatoms. The van der Waals surface area contributed by atoms with Gasteiger partial charge in [0.15, 0.2) is 6.61 Å². The highest BCUT2D eigenvalue weighted by atomic mass is 35.5. The van der Waals surface area contributed by atoms with E-state index in [9.17, 15) is 9.59 Å². The van der Waals surface area contributed by atoms with Crippen molar-refractivity contribution in [2.45, 2.75) is 45.8 Å². The molecule has 0 radical (unpaired) electrons. The van der Waals surface area contributed by atoms with Crippen molar-refractivity contribution in [1.82, 2.24) is 10.2 Å². The molecule has 0 heterocycles. The second-order valence-electron chi connectivity index (χ2n) is 8.03. The van der Waals surface area contributed by atoms with Crippen LogP contribution < -0.4 is 14.8 Å². The van der Waals surface area contributed by atoms with Crippen LogP contribution in [-0.2, 0) is 16.1 Å². The van der Waals surface area contributed by atoms with Gasteiger partial charge < -0.3 is 19.7 Å². The molecule has 162 valence electrons. The first-order valence-corrected chi connectivity index (χ1v) is 10.1. The molecule has 0 fully saturated rings. The summed E-state index contributed by atoms with van der Waals surface area (Å²) >= 11 is 5.88. The fourth-order valence-corrected chi connectivity index (χ4v) is 2.91. The summed E-state index contributed by atoms with van der Waals surface area (Å²) in [6.07, 6.45) is 0. The van der Waals surface area contributed by atoms with Crippen LogP contribution in [-0.4, -0.2) is 42.0 Å². The molecule has 0 saturated heterocycles.